The molecule has 1 saturated heterocycles. The summed E-state index contributed by atoms with van der Waals surface area (Å²) in [5, 5.41) is 3.49. The fourth-order valence-corrected chi connectivity index (χ4v) is 4.24. The molecule has 3 aromatic rings. The second-order valence-corrected chi connectivity index (χ2v) is 7.94. The van der Waals surface area contributed by atoms with Crippen molar-refractivity contribution in [2.75, 3.05) is 16.8 Å². The van der Waals surface area contributed by atoms with Crippen molar-refractivity contribution in [1.82, 2.24) is 4.98 Å². The molecule has 0 radical (unpaired) electrons. The molecule has 27 heavy (non-hydrogen) atoms. The van der Waals surface area contributed by atoms with E-state index in [1.807, 2.05) is 37.3 Å². The SMILES string of the molecule is CCc1ccc2nc(NC(=O)[C@@H]3CC(=O)N(c4ccc(C)cc4)C3)sc2c1. The molecule has 1 N–H and O–H groups in total. The van der Waals surface area contributed by atoms with Gasteiger partial charge in [0.25, 0.3) is 0 Å². The largest absolute Gasteiger partial charge is 0.312 e. The van der Waals surface area contributed by atoms with Crippen molar-refractivity contribution >= 4 is 44.2 Å². The number of nitrogens with one attached hydrogen (secondary N) is 1. The Balaban J connectivity index is 1.47. The molecule has 1 aliphatic rings. The summed E-state index contributed by atoms with van der Waals surface area (Å²) >= 11 is 1.47. The number of nitrogens with zero attached hydrogens (tertiary/aromatic N) is 2. The van der Waals surface area contributed by atoms with E-state index in [1.54, 1.807) is 4.90 Å². The van der Waals surface area contributed by atoms with Crippen LogP contribution in [0.25, 0.3) is 10.2 Å². The summed E-state index contributed by atoms with van der Waals surface area (Å²) in [6.07, 6.45) is 1.19. The standard InChI is InChI=1S/C21H21N3O2S/c1-3-14-6-9-17-18(10-14)27-21(22-17)23-20(26)15-11-19(25)24(12-15)16-7-4-13(2)5-8-16/h4-10,15H,3,11-12H2,1-2H3,(H,22,23,26)/t15-/m1/s1. The maximum Gasteiger partial charge on any atom is 0.231 e. The maximum atomic E-state index is 12.7. The van der Waals surface area contributed by atoms with Gasteiger partial charge in [-0.3, -0.25) is 9.59 Å². The van der Waals surface area contributed by atoms with Crippen molar-refractivity contribution < 1.29 is 9.59 Å². The Morgan fingerprint density at radius 1 is 1.26 bits per heavy atom. The van der Waals surface area contributed by atoms with Gasteiger partial charge in [0.2, 0.25) is 11.8 Å². The van der Waals surface area contributed by atoms with Crippen LogP contribution < -0.4 is 10.2 Å². The van der Waals surface area contributed by atoms with Crippen LogP contribution in [-0.2, 0) is 16.0 Å². The number of rotatable bonds is 4. The van der Waals surface area contributed by atoms with Crippen molar-refractivity contribution in [2.45, 2.75) is 26.7 Å². The molecule has 5 nitrogen and oxygen atoms in total. The van der Waals surface area contributed by atoms with E-state index >= 15 is 0 Å². The number of amides is 2. The Morgan fingerprint density at radius 3 is 2.78 bits per heavy atom. The first kappa shape index (κ1) is 17.7. The summed E-state index contributed by atoms with van der Waals surface area (Å²) in [6, 6.07) is 13.9. The van der Waals surface area contributed by atoms with Gasteiger partial charge in [-0.25, -0.2) is 4.98 Å². The van der Waals surface area contributed by atoms with E-state index in [0.717, 1.165) is 27.9 Å². The molecular formula is C21H21N3O2S. The van der Waals surface area contributed by atoms with E-state index in [4.69, 9.17) is 0 Å². The number of fused-ring (bicyclic) bond motifs is 1. The third kappa shape index (κ3) is 3.57. The van der Waals surface area contributed by atoms with Crippen LogP contribution in [0.2, 0.25) is 0 Å². The van der Waals surface area contributed by atoms with E-state index in [2.05, 4.69) is 29.4 Å². The van der Waals surface area contributed by atoms with Crippen LogP contribution in [0.1, 0.15) is 24.5 Å². The molecule has 2 aromatic carbocycles. The Bertz CT molecular complexity index is 1010. The number of carbonyl (C=O) groups excluding carboxylic acids is 2. The average molecular weight is 379 g/mol. The number of thiazole rings is 1. The molecule has 138 valence electrons. The fraction of sp³-hybridized carbons (Fsp3) is 0.286. The highest BCUT2D eigenvalue weighted by Crippen LogP contribution is 2.29. The molecule has 2 heterocycles. The first-order valence-corrected chi connectivity index (χ1v) is 9.92. The van der Waals surface area contributed by atoms with E-state index in [9.17, 15) is 9.59 Å². The van der Waals surface area contributed by atoms with Gasteiger partial charge in [-0.1, -0.05) is 42.0 Å². The van der Waals surface area contributed by atoms with Gasteiger partial charge in [-0.2, -0.15) is 0 Å². The molecule has 2 amide bonds. The van der Waals surface area contributed by atoms with Crippen LogP contribution >= 0.6 is 11.3 Å². The summed E-state index contributed by atoms with van der Waals surface area (Å²) in [5.41, 5.74) is 4.12. The van der Waals surface area contributed by atoms with Gasteiger partial charge in [0.1, 0.15) is 0 Å². The second-order valence-electron chi connectivity index (χ2n) is 6.90. The number of aryl methyl sites for hydroxylation is 2. The van der Waals surface area contributed by atoms with Gasteiger partial charge >= 0.3 is 0 Å². The molecule has 4 rings (SSSR count). The molecule has 0 unspecified atom stereocenters. The fourth-order valence-electron chi connectivity index (χ4n) is 3.31. The molecule has 1 aromatic heterocycles. The average Bonchev–Trinajstić information content (AvgIpc) is 3.24. The lowest BCUT2D eigenvalue weighted by molar-refractivity contribution is -0.122. The van der Waals surface area contributed by atoms with Crippen molar-refractivity contribution in [2.24, 2.45) is 5.92 Å². The van der Waals surface area contributed by atoms with Crippen LogP contribution in [0.4, 0.5) is 10.8 Å². The molecule has 0 aliphatic carbocycles. The zero-order chi connectivity index (χ0) is 19.0. The van der Waals surface area contributed by atoms with Crippen molar-refractivity contribution in [1.29, 1.82) is 0 Å². The van der Waals surface area contributed by atoms with Gasteiger partial charge in [-0.15, -0.1) is 0 Å². The summed E-state index contributed by atoms with van der Waals surface area (Å²) in [6.45, 7) is 4.52. The third-order valence-electron chi connectivity index (χ3n) is 4.93. The van der Waals surface area contributed by atoms with Crippen LogP contribution in [0, 0.1) is 12.8 Å². The number of hydrogen-bond donors (Lipinski definition) is 1. The monoisotopic (exact) mass is 379 g/mol. The minimum atomic E-state index is -0.364. The summed E-state index contributed by atoms with van der Waals surface area (Å²) in [5.74, 6) is -0.527. The van der Waals surface area contributed by atoms with Crippen molar-refractivity contribution in [3.63, 3.8) is 0 Å². The zero-order valence-electron chi connectivity index (χ0n) is 15.4. The Labute approximate surface area is 162 Å². The number of hydrogen-bond acceptors (Lipinski definition) is 4. The van der Waals surface area contributed by atoms with E-state index < -0.39 is 0 Å². The number of benzene rings is 2. The van der Waals surface area contributed by atoms with Crippen LogP contribution in [0.3, 0.4) is 0 Å². The zero-order valence-corrected chi connectivity index (χ0v) is 16.2. The predicted molar refractivity (Wildman–Crippen MR) is 109 cm³/mol. The summed E-state index contributed by atoms with van der Waals surface area (Å²) in [4.78, 5) is 31.2. The molecule has 0 spiro atoms. The highest BCUT2D eigenvalue weighted by Gasteiger charge is 2.35. The number of aromatic nitrogens is 1. The first-order chi connectivity index (χ1) is 13.0. The first-order valence-electron chi connectivity index (χ1n) is 9.11. The molecule has 0 bridgehead atoms. The summed E-state index contributed by atoms with van der Waals surface area (Å²) in [7, 11) is 0. The number of anilines is 2. The van der Waals surface area contributed by atoms with Gasteiger partial charge in [0.05, 0.1) is 16.1 Å². The van der Waals surface area contributed by atoms with Gasteiger partial charge in [-0.05, 0) is 43.2 Å². The van der Waals surface area contributed by atoms with Gasteiger partial charge in [0.15, 0.2) is 5.13 Å². The predicted octanol–water partition coefficient (Wildman–Crippen LogP) is 4.16. The van der Waals surface area contributed by atoms with Crippen LogP contribution in [0.5, 0.6) is 0 Å². The maximum absolute atomic E-state index is 12.7. The summed E-state index contributed by atoms with van der Waals surface area (Å²) < 4.78 is 1.06. The van der Waals surface area contributed by atoms with Gasteiger partial charge in [0, 0.05) is 18.7 Å². The van der Waals surface area contributed by atoms with Gasteiger partial charge < -0.3 is 10.2 Å². The Morgan fingerprint density at radius 2 is 2.04 bits per heavy atom. The molecule has 1 atom stereocenters. The normalized spacial score (nSPS) is 16.9. The van der Waals surface area contributed by atoms with E-state index in [1.165, 1.54) is 16.9 Å². The lowest BCUT2D eigenvalue weighted by Crippen LogP contribution is -2.28. The highest BCUT2D eigenvalue weighted by atomic mass is 32.1. The molecule has 1 aliphatic heterocycles. The Kier molecular flexibility index (Phi) is 4.66. The minimum Gasteiger partial charge on any atom is -0.312 e. The van der Waals surface area contributed by atoms with Crippen molar-refractivity contribution in [3.05, 3.63) is 53.6 Å². The molecule has 6 heteroatoms. The molecule has 1 fully saturated rings. The second kappa shape index (κ2) is 7.12. The van der Waals surface area contributed by atoms with Crippen LogP contribution in [-0.4, -0.2) is 23.3 Å². The lowest BCUT2D eigenvalue weighted by atomic mass is 10.1. The molecule has 0 saturated carbocycles. The van der Waals surface area contributed by atoms with Crippen LogP contribution in [0.15, 0.2) is 42.5 Å². The number of carbonyl (C=O) groups is 2. The van der Waals surface area contributed by atoms with E-state index in [0.29, 0.717) is 11.7 Å². The minimum absolute atomic E-state index is 0.0177. The topological polar surface area (TPSA) is 62.3 Å². The highest BCUT2D eigenvalue weighted by molar-refractivity contribution is 7.22. The van der Waals surface area contributed by atoms with E-state index in [-0.39, 0.29) is 24.2 Å². The Hall–Kier alpha value is -2.73. The lowest BCUT2D eigenvalue weighted by Gasteiger charge is -2.16. The quantitative estimate of drug-likeness (QED) is 0.740. The smallest absolute Gasteiger partial charge is 0.231 e. The van der Waals surface area contributed by atoms with Crippen molar-refractivity contribution in [3.8, 4) is 0 Å². The molecular weight excluding hydrogens is 358 g/mol. The third-order valence-corrected chi connectivity index (χ3v) is 5.87.